The molecule has 0 unspecified atom stereocenters. The van der Waals surface area contributed by atoms with Gasteiger partial charge in [-0.2, -0.15) is 0 Å². The van der Waals surface area contributed by atoms with Gasteiger partial charge in [-0.3, -0.25) is 9.78 Å². The monoisotopic (exact) mass is 284 g/mol. The normalized spacial score (nSPS) is 10.2. The predicted molar refractivity (Wildman–Crippen MR) is 85.2 cm³/mol. The molecule has 0 aliphatic rings. The minimum absolute atomic E-state index is 0.147. The maximum absolute atomic E-state index is 11.5. The lowest BCUT2D eigenvalue weighted by atomic mass is 10.1. The summed E-state index contributed by atoms with van der Waals surface area (Å²) >= 11 is 0. The van der Waals surface area contributed by atoms with Gasteiger partial charge in [-0.15, -0.1) is 0 Å². The van der Waals surface area contributed by atoms with Crippen LogP contribution in [0.2, 0.25) is 0 Å². The molecule has 21 heavy (non-hydrogen) atoms. The van der Waals surface area contributed by atoms with E-state index in [2.05, 4.69) is 28.6 Å². The summed E-state index contributed by atoms with van der Waals surface area (Å²) in [5, 5.41) is 5.84. The van der Waals surface area contributed by atoms with Crippen molar-refractivity contribution in [3.63, 3.8) is 0 Å². The summed E-state index contributed by atoms with van der Waals surface area (Å²) < 4.78 is 0. The molecule has 0 saturated heterocycles. The number of aromatic nitrogens is 1. The Bertz CT molecular complexity index is 640. The van der Waals surface area contributed by atoms with Gasteiger partial charge >= 0.3 is 0 Å². The van der Waals surface area contributed by atoms with Crippen molar-refractivity contribution in [2.75, 3.05) is 18.1 Å². The summed E-state index contributed by atoms with van der Waals surface area (Å²) in [6.07, 6.45) is 2.73. The second kappa shape index (κ2) is 6.74. The zero-order valence-electron chi connectivity index (χ0n) is 12.3. The second-order valence-corrected chi connectivity index (χ2v) is 4.70. The van der Waals surface area contributed by atoms with E-state index in [1.807, 2.05) is 12.1 Å². The van der Waals surface area contributed by atoms with Crippen molar-refractivity contribution >= 4 is 17.3 Å². The van der Waals surface area contributed by atoms with Crippen molar-refractivity contribution in [3.05, 3.63) is 53.3 Å². The maximum Gasteiger partial charge on any atom is 0.251 e. The molecule has 1 heterocycles. The van der Waals surface area contributed by atoms with Gasteiger partial charge < -0.3 is 16.4 Å². The van der Waals surface area contributed by atoms with Crippen LogP contribution in [-0.2, 0) is 13.0 Å². The quantitative estimate of drug-likeness (QED) is 0.735. The first kappa shape index (κ1) is 14.8. The van der Waals surface area contributed by atoms with Crippen LogP contribution in [0.15, 0.2) is 36.5 Å². The Hall–Kier alpha value is -2.56. The molecule has 1 amide bonds. The first-order valence-electron chi connectivity index (χ1n) is 6.94. The van der Waals surface area contributed by atoms with E-state index in [0.29, 0.717) is 17.8 Å². The molecule has 4 N–H and O–H groups in total. The Morgan fingerprint density at radius 3 is 2.81 bits per heavy atom. The van der Waals surface area contributed by atoms with Gasteiger partial charge in [0.25, 0.3) is 5.91 Å². The van der Waals surface area contributed by atoms with Crippen molar-refractivity contribution in [1.29, 1.82) is 0 Å². The number of aryl methyl sites for hydroxylation is 1. The molecule has 0 saturated carbocycles. The van der Waals surface area contributed by atoms with Crippen LogP contribution in [0.1, 0.15) is 28.5 Å². The standard InChI is InChI=1S/C16H20N4O/c1-3-11-5-4-8-19-15(11)10-20-14-7-6-12(9-13(14)17)16(21)18-2/h4-9,20H,3,10,17H2,1-2H3,(H,18,21). The van der Waals surface area contributed by atoms with Crippen molar-refractivity contribution in [2.24, 2.45) is 0 Å². The van der Waals surface area contributed by atoms with E-state index >= 15 is 0 Å². The molecular weight excluding hydrogens is 264 g/mol. The highest BCUT2D eigenvalue weighted by Gasteiger charge is 2.07. The first-order chi connectivity index (χ1) is 10.2. The minimum Gasteiger partial charge on any atom is -0.397 e. The van der Waals surface area contributed by atoms with Crippen molar-refractivity contribution in [1.82, 2.24) is 10.3 Å². The minimum atomic E-state index is -0.147. The molecular formula is C16H20N4O. The second-order valence-electron chi connectivity index (χ2n) is 4.70. The van der Waals surface area contributed by atoms with Gasteiger partial charge in [-0.1, -0.05) is 13.0 Å². The number of hydrogen-bond donors (Lipinski definition) is 3. The van der Waals surface area contributed by atoms with E-state index in [-0.39, 0.29) is 5.91 Å². The van der Waals surface area contributed by atoms with Crippen LogP contribution in [0.4, 0.5) is 11.4 Å². The van der Waals surface area contributed by atoms with E-state index in [1.54, 1.807) is 25.4 Å². The van der Waals surface area contributed by atoms with Crippen molar-refractivity contribution < 1.29 is 4.79 Å². The fourth-order valence-corrected chi connectivity index (χ4v) is 2.14. The summed E-state index contributed by atoms with van der Waals surface area (Å²) in [5.74, 6) is -0.147. The average Bonchev–Trinajstić information content (AvgIpc) is 2.53. The van der Waals surface area contributed by atoms with Crippen LogP contribution < -0.4 is 16.4 Å². The Labute approximate surface area is 124 Å². The summed E-state index contributed by atoms with van der Waals surface area (Å²) in [7, 11) is 1.60. The molecule has 2 rings (SSSR count). The number of nitrogen functional groups attached to an aromatic ring is 1. The van der Waals surface area contributed by atoms with Gasteiger partial charge in [0, 0.05) is 18.8 Å². The lowest BCUT2D eigenvalue weighted by molar-refractivity contribution is 0.0963. The van der Waals surface area contributed by atoms with Crippen LogP contribution in [0.3, 0.4) is 0 Å². The summed E-state index contributed by atoms with van der Waals surface area (Å²) in [5.41, 5.74) is 10.1. The van der Waals surface area contributed by atoms with E-state index in [0.717, 1.165) is 17.8 Å². The van der Waals surface area contributed by atoms with E-state index in [4.69, 9.17) is 5.73 Å². The van der Waals surface area contributed by atoms with Gasteiger partial charge in [0.15, 0.2) is 0 Å². The average molecular weight is 284 g/mol. The number of pyridine rings is 1. The highest BCUT2D eigenvalue weighted by Crippen LogP contribution is 2.21. The number of carbonyl (C=O) groups is 1. The number of nitrogens with one attached hydrogen (secondary N) is 2. The summed E-state index contributed by atoms with van der Waals surface area (Å²) in [6.45, 7) is 2.71. The maximum atomic E-state index is 11.5. The van der Waals surface area contributed by atoms with Crippen LogP contribution in [0.25, 0.3) is 0 Å². The zero-order chi connectivity index (χ0) is 15.2. The Morgan fingerprint density at radius 2 is 2.14 bits per heavy atom. The van der Waals surface area contributed by atoms with E-state index < -0.39 is 0 Å². The SMILES string of the molecule is CCc1cccnc1CNc1ccc(C(=O)NC)cc1N. The highest BCUT2D eigenvalue weighted by molar-refractivity contribution is 5.95. The summed E-state index contributed by atoms with van der Waals surface area (Å²) in [4.78, 5) is 15.9. The van der Waals surface area contributed by atoms with Gasteiger partial charge in [-0.25, -0.2) is 0 Å². The molecule has 0 bridgehead atoms. The third-order valence-corrected chi connectivity index (χ3v) is 3.35. The molecule has 0 radical (unpaired) electrons. The largest absolute Gasteiger partial charge is 0.397 e. The number of hydrogen-bond acceptors (Lipinski definition) is 4. The Kier molecular flexibility index (Phi) is 4.77. The molecule has 0 aliphatic heterocycles. The third kappa shape index (κ3) is 3.51. The van der Waals surface area contributed by atoms with Gasteiger partial charge in [-0.05, 0) is 36.2 Å². The fraction of sp³-hybridized carbons (Fsp3) is 0.250. The molecule has 1 aromatic carbocycles. The lowest BCUT2D eigenvalue weighted by Crippen LogP contribution is -2.18. The van der Waals surface area contributed by atoms with Crippen LogP contribution in [0.5, 0.6) is 0 Å². The molecule has 0 atom stereocenters. The molecule has 2 aromatic rings. The fourth-order valence-electron chi connectivity index (χ4n) is 2.14. The van der Waals surface area contributed by atoms with Crippen LogP contribution >= 0.6 is 0 Å². The Balaban J connectivity index is 2.12. The molecule has 110 valence electrons. The summed E-state index contributed by atoms with van der Waals surface area (Å²) in [6, 6.07) is 9.24. The van der Waals surface area contributed by atoms with Crippen LogP contribution in [-0.4, -0.2) is 17.9 Å². The third-order valence-electron chi connectivity index (χ3n) is 3.35. The molecule has 5 heteroatoms. The van der Waals surface area contributed by atoms with Crippen molar-refractivity contribution in [2.45, 2.75) is 19.9 Å². The zero-order valence-corrected chi connectivity index (χ0v) is 12.3. The van der Waals surface area contributed by atoms with E-state index in [9.17, 15) is 4.79 Å². The molecule has 5 nitrogen and oxygen atoms in total. The number of nitrogens with two attached hydrogens (primary N) is 1. The highest BCUT2D eigenvalue weighted by atomic mass is 16.1. The van der Waals surface area contributed by atoms with Gasteiger partial charge in [0.1, 0.15) is 0 Å². The number of benzene rings is 1. The molecule has 0 aliphatic carbocycles. The number of nitrogens with zero attached hydrogens (tertiary/aromatic N) is 1. The number of anilines is 2. The van der Waals surface area contributed by atoms with Crippen molar-refractivity contribution in [3.8, 4) is 0 Å². The predicted octanol–water partition coefficient (Wildman–Crippen LogP) is 2.20. The molecule has 0 fully saturated rings. The van der Waals surface area contributed by atoms with Gasteiger partial charge in [0.2, 0.25) is 0 Å². The topological polar surface area (TPSA) is 80.0 Å². The number of amides is 1. The smallest absolute Gasteiger partial charge is 0.251 e. The molecule has 1 aromatic heterocycles. The first-order valence-corrected chi connectivity index (χ1v) is 6.94. The van der Waals surface area contributed by atoms with Crippen LogP contribution in [0, 0.1) is 0 Å². The number of carbonyl (C=O) groups excluding carboxylic acids is 1. The van der Waals surface area contributed by atoms with Gasteiger partial charge in [0.05, 0.1) is 23.6 Å². The number of rotatable bonds is 5. The van der Waals surface area contributed by atoms with E-state index in [1.165, 1.54) is 5.56 Å². The molecule has 0 spiro atoms. The Morgan fingerprint density at radius 1 is 1.33 bits per heavy atom. The lowest BCUT2D eigenvalue weighted by Gasteiger charge is -2.12.